The minimum absolute atomic E-state index is 0.0326. The fraction of sp³-hybridized carbons (Fsp3) is 0.875. The van der Waals surface area contributed by atoms with Crippen molar-refractivity contribution in [1.29, 1.82) is 0 Å². The summed E-state index contributed by atoms with van der Waals surface area (Å²) >= 11 is 1.89. The normalized spacial score (nSPS) is 22.8. The predicted molar refractivity (Wildman–Crippen MR) is 89.4 cm³/mol. The van der Waals surface area contributed by atoms with Gasteiger partial charge in [0.1, 0.15) is 12.1 Å². The number of nitrogens with one attached hydrogen (secondary N) is 1. The smallest absolute Gasteiger partial charge is 0.245 e. The zero-order valence-corrected chi connectivity index (χ0v) is 14.7. The number of hydrogen-bond acceptors (Lipinski definition) is 3. The maximum Gasteiger partial charge on any atom is 0.245 e. The minimum atomic E-state index is -0.329. The molecule has 0 aromatic heterocycles. The van der Waals surface area contributed by atoms with Crippen molar-refractivity contribution in [2.45, 2.75) is 65.5 Å². The summed E-state index contributed by atoms with van der Waals surface area (Å²) in [5, 5.41) is 2.93. The van der Waals surface area contributed by atoms with Gasteiger partial charge in [-0.3, -0.25) is 9.59 Å². The van der Waals surface area contributed by atoms with Crippen LogP contribution in [-0.4, -0.2) is 46.8 Å². The molecule has 0 radical (unpaired) electrons. The maximum atomic E-state index is 12.7. The van der Waals surface area contributed by atoms with Gasteiger partial charge in [0.25, 0.3) is 0 Å². The summed E-state index contributed by atoms with van der Waals surface area (Å²) in [5.41, 5.74) is 0. The van der Waals surface area contributed by atoms with E-state index in [-0.39, 0.29) is 23.9 Å². The number of amides is 2. The van der Waals surface area contributed by atoms with Gasteiger partial charge in [0, 0.05) is 6.54 Å². The van der Waals surface area contributed by atoms with Gasteiger partial charge in [0.05, 0.1) is 0 Å². The topological polar surface area (TPSA) is 49.4 Å². The van der Waals surface area contributed by atoms with Gasteiger partial charge in [-0.05, 0) is 36.7 Å². The molecule has 0 bridgehead atoms. The molecule has 0 aromatic carbocycles. The molecule has 2 unspecified atom stereocenters. The van der Waals surface area contributed by atoms with E-state index >= 15 is 0 Å². The second-order valence-electron chi connectivity index (χ2n) is 6.08. The summed E-state index contributed by atoms with van der Waals surface area (Å²) in [7, 11) is 0. The summed E-state index contributed by atoms with van der Waals surface area (Å²) in [6.45, 7) is 9.07. The van der Waals surface area contributed by atoms with Crippen molar-refractivity contribution in [3.05, 3.63) is 0 Å². The van der Waals surface area contributed by atoms with E-state index < -0.39 is 0 Å². The molecule has 1 aliphatic heterocycles. The average Bonchev–Trinajstić information content (AvgIpc) is 2.42. The van der Waals surface area contributed by atoms with E-state index in [1.54, 1.807) is 0 Å². The highest BCUT2D eigenvalue weighted by Crippen LogP contribution is 2.19. The lowest BCUT2D eigenvalue weighted by atomic mass is 9.97. The highest BCUT2D eigenvalue weighted by Gasteiger charge is 2.39. The van der Waals surface area contributed by atoms with Crippen molar-refractivity contribution in [1.82, 2.24) is 10.2 Å². The molecule has 0 saturated carbocycles. The number of rotatable bonds is 9. The Labute approximate surface area is 133 Å². The maximum absolute atomic E-state index is 12.7. The molecule has 2 amide bonds. The van der Waals surface area contributed by atoms with Crippen molar-refractivity contribution < 1.29 is 9.59 Å². The molecule has 0 aromatic rings. The molecule has 1 fully saturated rings. The molecule has 0 spiro atoms. The van der Waals surface area contributed by atoms with Gasteiger partial charge in [-0.2, -0.15) is 11.8 Å². The lowest BCUT2D eigenvalue weighted by molar-refractivity contribution is -0.150. The lowest BCUT2D eigenvalue weighted by Crippen LogP contribution is -2.63. The molecule has 4 nitrogen and oxygen atoms in total. The lowest BCUT2D eigenvalue weighted by Gasteiger charge is -2.39. The van der Waals surface area contributed by atoms with Crippen LogP contribution in [0.25, 0.3) is 0 Å². The summed E-state index contributed by atoms with van der Waals surface area (Å²) in [6.07, 6.45) is 3.36. The first-order valence-electron chi connectivity index (χ1n) is 8.19. The molecule has 122 valence electrons. The standard InChI is InChI=1S/C16H30N2O2S/c1-5-8-14-15(19)17-13(11-12(3)4)16(20)18(14)9-7-10-21-6-2/h12-14H,5-11H2,1-4H3,(H,17,19). The molecule has 1 N–H and O–H groups in total. The average molecular weight is 314 g/mol. The number of carbonyl (C=O) groups is 2. The Hall–Kier alpha value is -0.710. The summed E-state index contributed by atoms with van der Waals surface area (Å²) in [6, 6.07) is -0.595. The zero-order valence-electron chi connectivity index (χ0n) is 13.9. The number of hydrogen-bond donors (Lipinski definition) is 1. The number of piperazine rings is 1. The SMILES string of the molecule is CCCC1C(=O)NC(CC(C)C)C(=O)N1CCCSCC. The summed E-state index contributed by atoms with van der Waals surface area (Å²) < 4.78 is 0. The van der Waals surface area contributed by atoms with Crippen LogP contribution in [0.3, 0.4) is 0 Å². The van der Waals surface area contributed by atoms with Crippen LogP contribution >= 0.6 is 11.8 Å². The van der Waals surface area contributed by atoms with Crippen LogP contribution < -0.4 is 5.32 Å². The Morgan fingerprint density at radius 1 is 1.29 bits per heavy atom. The molecular weight excluding hydrogens is 284 g/mol. The van der Waals surface area contributed by atoms with E-state index in [1.807, 2.05) is 16.7 Å². The van der Waals surface area contributed by atoms with Gasteiger partial charge in [-0.25, -0.2) is 0 Å². The molecule has 0 aliphatic carbocycles. The molecule has 21 heavy (non-hydrogen) atoms. The van der Waals surface area contributed by atoms with Gasteiger partial charge in [-0.1, -0.05) is 34.1 Å². The Balaban J connectivity index is 2.72. The molecule has 1 aliphatic rings. The van der Waals surface area contributed by atoms with Crippen LogP contribution in [0, 0.1) is 5.92 Å². The van der Waals surface area contributed by atoms with Crippen molar-refractivity contribution in [3.63, 3.8) is 0 Å². The van der Waals surface area contributed by atoms with Gasteiger partial charge < -0.3 is 10.2 Å². The van der Waals surface area contributed by atoms with Crippen molar-refractivity contribution in [2.24, 2.45) is 5.92 Å². The summed E-state index contributed by atoms with van der Waals surface area (Å²) in [5.74, 6) is 2.70. The van der Waals surface area contributed by atoms with Crippen LogP contribution in [0.1, 0.15) is 53.4 Å². The van der Waals surface area contributed by atoms with E-state index in [4.69, 9.17) is 0 Å². The fourth-order valence-corrected chi connectivity index (χ4v) is 3.39. The van der Waals surface area contributed by atoms with E-state index in [1.165, 1.54) is 0 Å². The first-order valence-corrected chi connectivity index (χ1v) is 9.35. The Morgan fingerprint density at radius 3 is 2.57 bits per heavy atom. The van der Waals surface area contributed by atoms with Gasteiger partial charge in [0.2, 0.25) is 11.8 Å². The highest BCUT2D eigenvalue weighted by atomic mass is 32.2. The Kier molecular flexibility index (Phi) is 8.15. The van der Waals surface area contributed by atoms with Crippen LogP contribution in [-0.2, 0) is 9.59 Å². The van der Waals surface area contributed by atoms with E-state index in [9.17, 15) is 9.59 Å². The van der Waals surface area contributed by atoms with Gasteiger partial charge in [-0.15, -0.1) is 0 Å². The van der Waals surface area contributed by atoms with E-state index in [0.717, 1.165) is 37.2 Å². The largest absolute Gasteiger partial charge is 0.342 e. The second-order valence-corrected chi connectivity index (χ2v) is 7.47. The third-order valence-corrected chi connectivity index (χ3v) is 4.72. The predicted octanol–water partition coefficient (Wildman–Crippen LogP) is 2.67. The van der Waals surface area contributed by atoms with Gasteiger partial charge >= 0.3 is 0 Å². The molecular formula is C16H30N2O2S. The van der Waals surface area contributed by atoms with Crippen molar-refractivity contribution in [2.75, 3.05) is 18.1 Å². The second kappa shape index (κ2) is 9.34. The monoisotopic (exact) mass is 314 g/mol. The number of nitrogens with zero attached hydrogens (tertiary/aromatic N) is 1. The van der Waals surface area contributed by atoms with Crippen LogP contribution in [0.5, 0.6) is 0 Å². The van der Waals surface area contributed by atoms with Crippen LogP contribution in [0.15, 0.2) is 0 Å². The fourth-order valence-electron chi connectivity index (χ4n) is 2.76. The van der Waals surface area contributed by atoms with Crippen LogP contribution in [0.2, 0.25) is 0 Å². The third-order valence-electron chi connectivity index (χ3n) is 3.74. The molecule has 1 heterocycles. The van der Waals surface area contributed by atoms with Gasteiger partial charge in [0.15, 0.2) is 0 Å². The Morgan fingerprint density at radius 2 is 2.00 bits per heavy atom. The van der Waals surface area contributed by atoms with E-state index in [0.29, 0.717) is 12.5 Å². The zero-order chi connectivity index (χ0) is 15.8. The van der Waals surface area contributed by atoms with Crippen LogP contribution in [0.4, 0.5) is 0 Å². The third kappa shape index (κ3) is 5.53. The minimum Gasteiger partial charge on any atom is -0.342 e. The first-order chi connectivity index (χ1) is 10.0. The van der Waals surface area contributed by atoms with Crippen molar-refractivity contribution in [3.8, 4) is 0 Å². The highest BCUT2D eigenvalue weighted by molar-refractivity contribution is 7.99. The first kappa shape index (κ1) is 18.3. The van der Waals surface area contributed by atoms with Crippen molar-refractivity contribution >= 4 is 23.6 Å². The summed E-state index contributed by atoms with van der Waals surface area (Å²) in [4.78, 5) is 26.8. The number of carbonyl (C=O) groups excluding carboxylic acids is 2. The molecule has 2 atom stereocenters. The molecule has 1 rings (SSSR count). The molecule has 5 heteroatoms. The van der Waals surface area contributed by atoms with E-state index in [2.05, 4.69) is 33.0 Å². The molecule has 1 saturated heterocycles. The quantitative estimate of drug-likeness (QED) is 0.666. The Bertz CT molecular complexity index is 347. The number of thioether (sulfide) groups is 1.